The fourth-order valence-electron chi connectivity index (χ4n) is 4.41. The molecule has 4 aromatic carbocycles. The third kappa shape index (κ3) is 6.75. The highest BCUT2D eigenvalue weighted by atomic mass is 35.5. The molecule has 9 heteroatoms. The molecule has 5 aromatic rings. The zero-order valence-electron chi connectivity index (χ0n) is 22.2. The summed E-state index contributed by atoms with van der Waals surface area (Å²) in [6.45, 7) is 0.466. The average molecular weight is 607 g/mol. The smallest absolute Gasteiger partial charge is 0.416 e. The minimum absolute atomic E-state index is 0.411. The molecule has 0 aliphatic heterocycles. The van der Waals surface area contributed by atoms with E-state index in [4.69, 9.17) is 32.9 Å². The molecule has 0 aliphatic carbocycles. The second kappa shape index (κ2) is 12.3. The van der Waals surface area contributed by atoms with Crippen molar-refractivity contribution in [1.29, 1.82) is 0 Å². The van der Waals surface area contributed by atoms with Crippen LogP contribution >= 0.6 is 23.2 Å². The minimum Gasteiger partial charge on any atom is -0.465 e. The van der Waals surface area contributed by atoms with Gasteiger partial charge in [0.05, 0.1) is 29.0 Å². The van der Waals surface area contributed by atoms with E-state index in [2.05, 4.69) is 0 Å². The maximum absolute atomic E-state index is 13.1. The third-order valence-electron chi connectivity index (χ3n) is 6.60. The van der Waals surface area contributed by atoms with Crippen molar-refractivity contribution in [3.05, 3.63) is 135 Å². The summed E-state index contributed by atoms with van der Waals surface area (Å²) >= 11 is 12.5. The van der Waals surface area contributed by atoms with E-state index >= 15 is 0 Å². The Bertz CT molecular complexity index is 1760. The van der Waals surface area contributed by atoms with E-state index in [-0.39, 0.29) is 0 Å². The molecule has 0 unspecified atom stereocenters. The Kier molecular flexibility index (Phi) is 8.52. The number of halogens is 5. The SMILES string of the molecule is COC(=O)c1ccc(Cn2cc(-c3ccc(Cl)cc3Cl)nc2/C=C/c2ccc(-c3cccc(C(F)(F)F)c3)cc2)cc1. The molecule has 0 aliphatic rings. The zero-order valence-corrected chi connectivity index (χ0v) is 23.7. The van der Waals surface area contributed by atoms with Gasteiger partial charge < -0.3 is 9.30 Å². The molecule has 5 rings (SSSR count). The van der Waals surface area contributed by atoms with E-state index in [0.717, 1.165) is 28.8 Å². The van der Waals surface area contributed by atoms with Gasteiger partial charge in [-0.25, -0.2) is 9.78 Å². The lowest BCUT2D eigenvalue weighted by molar-refractivity contribution is -0.137. The van der Waals surface area contributed by atoms with Crippen LogP contribution in [-0.4, -0.2) is 22.6 Å². The van der Waals surface area contributed by atoms with Gasteiger partial charge in [-0.05, 0) is 70.8 Å². The van der Waals surface area contributed by atoms with Crippen molar-refractivity contribution in [2.45, 2.75) is 12.7 Å². The van der Waals surface area contributed by atoms with Gasteiger partial charge in [0.15, 0.2) is 0 Å². The number of rotatable bonds is 7. The van der Waals surface area contributed by atoms with Crippen LogP contribution in [0.5, 0.6) is 0 Å². The van der Waals surface area contributed by atoms with Crippen LogP contribution in [0.2, 0.25) is 10.0 Å². The van der Waals surface area contributed by atoms with Crippen molar-refractivity contribution in [2.75, 3.05) is 7.11 Å². The van der Waals surface area contributed by atoms with Crippen LogP contribution in [0.3, 0.4) is 0 Å². The van der Waals surface area contributed by atoms with Crippen LogP contribution in [0.15, 0.2) is 97.2 Å². The van der Waals surface area contributed by atoms with Gasteiger partial charge in [0, 0.05) is 23.3 Å². The molecule has 1 aromatic heterocycles. The molecule has 0 fully saturated rings. The first-order valence-corrected chi connectivity index (χ1v) is 13.5. The Balaban J connectivity index is 1.44. The van der Waals surface area contributed by atoms with Crippen LogP contribution < -0.4 is 0 Å². The number of hydrogen-bond donors (Lipinski definition) is 0. The van der Waals surface area contributed by atoms with Gasteiger partial charge in [-0.15, -0.1) is 0 Å². The molecule has 42 heavy (non-hydrogen) atoms. The van der Waals surface area contributed by atoms with Gasteiger partial charge in [0.1, 0.15) is 5.82 Å². The maximum Gasteiger partial charge on any atom is 0.416 e. The van der Waals surface area contributed by atoms with E-state index in [1.807, 2.05) is 53.2 Å². The fourth-order valence-corrected chi connectivity index (χ4v) is 4.92. The van der Waals surface area contributed by atoms with Crippen LogP contribution in [0.25, 0.3) is 34.5 Å². The molecule has 0 saturated heterocycles. The Hall–Kier alpha value is -4.33. The fraction of sp³-hybridized carbons (Fsp3) is 0.0909. The molecule has 0 radical (unpaired) electrons. The van der Waals surface area contributed by atoms with E-state index < -0.39 is 17.7 Å². The van der Waals surface area contributed by atoms with Crippen LogP contribution in [0, 0.1) is 0 Å². The maximum atomic E-state index is 13.1. The number of imidazole rings is 1. The molecule has 0 saturated carbocycles. The largest absolute Gasteiger partial charge is 0.465 e. The van der Waals surface area contributed by atoms with Gasteiger partial charge >= 0.3 is 12.1 Å². The lowest BCUT2D eigenvalue weighted by atomic mass is 10.0. The van der Waals surface area contributed by atoms with Crippen LogP contribution in [-0.2, 0) is 17.5 Å². The van der Waals surface area contributed by atoms with Gasteiger partial charge in [-0.2, -0.15) is 13.2 Å². The number of hydrogen-bond acceptors (Lipinski definition) is 3. The molecule has 0 atom stereocenters. The topological polar surface area (TPSA) is 44.1 Å². The molecular formula is C33H23Cl2F3N2O2. The molecule has 0 spiro atoms. The van der Waals surface area contributed by atoms with E-state index in [1.165, 1.54) is 13.2 Å². The Labute approximate surface area is 250 Å². The second-order valence-electron chi connectivity index (χ2n) is 9.46. The van der Waals surface area contributed by atoms with Crippen molar-refractivity contribution in [1.82, 2.24) is 9.55 Å². The van der Waals surface area contributed by atoms with Gasteiger partial charge in [-0.1, -0.05) is 77.8 Å². The molecule has 0 N–H and O–H groups in total. The highest BCUT2D eigenvalue weighted by Gasteiger charge is 2.30. The van der Waals surface area contributed by atoms with Crippen LogP contribution in [0.4, 0.5) is 13.2 Å². The number of benzene rings is 4. The normalized spacial score (nSPS) is 11.7. The molecule has 212 valence electrons. The number of ether oxygens (including phenoxy) is 1. The standard InChI is InChI=1S/C33H23Cl2F3N2O2/c1-42-32(41)24-12-7-22(8-13-24)19-40-20-30(28-15-14-27(34)18-29(28)35)39-31(40)16-9-21-5-10-23(11-6-21)25-3-2-4-26(17-25)33(36,37)38/h2-18,20H,19H2,1H3/b16-9+. The van der Waals surface area contributed by atoms with Gasteiger partial charge in [0.25, 0.3) is 0 Å². The number of carbonyl (C=O) groups excluding carboxylic acids is 1. The number of alkyl halides is 3. The lowest BCUT2D eigenvalue weighted by Crippen LogP contribution is -2.04. The molecule has 4 nitrogen and oxygen atoms in total. The third-order valence-corrected chi connectivity index (χ3v) is 7.15. The second-order valence-corrected chi connectivity index (χ2v) is 10.3. The first-order valence-electron chi connectivity index (χ1n) is 12.8. The zero-order chi connectivity index (χ0) is 29.9. The molecule has 0 bridgehead atoms. The van der Waals surface area contributed by atoms with Crippen LogP contribution in [0.1, 0.15) is 32.9 Å². The van der Waals surface area contributed by atoms with E-state index in [9.17, 15) is 18.0 Å². The predicted molar refractivity (Wildman–Crippen MR) is 160 cm³/mol. The van der Waals surface area contributed by atoms with Crippen molar-refractivity contribution in [2.24, 2.45) is 0 Å². The average Bonchev–Trinajstić information content (AvgIpc) is 3.37. The summed E-state index contributed by atoms with van der Waals surface area (Å²) < 4.78 is 46.2. The number of carbonyl (C=O) groups is 1. The monoisotopic (exact) mass is 606 g/mol. The first kappa shape index (κ1) is 29.2. The number of esters is 1. The summed E-state index contributed by atoms with van der Waals surface area (Å²) in [5.74, 6) is 0.238. The van der Waals surface area contributed by atoms with Gasteiger partial charge in [0.2, 0.25) is 0 Å². The number of nitrogens with zero attached hydrogens (tertiary/aromatic N) is 2. The summed E-state index contributed by atoms with van der Waals surface area (Å²) in [4.78, 5) is 16.6. The summed E-state index contributed by atoms with van der Waals surface area (Å²) in [5, 5.41) is 0.984. The highest BCUT2D eigenvalue weighted by molar-refractivity contribution is 6.36. The summed E-state index contributed by atoms with van der Waals surface area (Å²) in [7, 11) is 1.34. The molecular weight excluding hydrogens is 584 g/mol. The van der Waals surface area contributed by atoms with Crippen molar-refractivity contribution < 1.29 is 22.7 Å². The Morgan fingerprint density at radius 3 is 2.31 bits per heavy atom. The highest BCUT2D eigenvalue weighted by Crippen LogP contribution is 2.33. The Morgan fingerprint density at radius 1 is 0.905 bits per heavy atom. The quantitative estimate of drug-likeness (QED) is 0.173. The number of methoxy groups -OCH3 is 1. The summed E-state index contributed by atoms with van der Waals surface area (Å²) in [6, 6.07) is 24.8. The van der Waals surface area contributed by atoms with Crippen molar-refractivity contribution in [3.8, 4) is 22.4 Å². The lowest BCUT2D eigenvalue weighted by Gasteiger charge is -2.09. The van der Waals surface area contributed by atoms with Crippen molar-refractivity contribution in [3.63, 3.8) is 0 Å². The minimum atomic E-state index is -4.40. The first-order chi connectivity index (χ1) is 20.1. The van der Waals surface area contributed by atoms with Gasteiger partial charge in [-0.3, -0.25) is 0 Å². The predicted octanol–water partition coefficient (Wildman–Crippen LogP) is 9.55. The summed E-state index contributed by atoms with van der Waals surface area (Å²) in [5.41, 5.74) is 4.08. The Morgan fingerprint density at radius 2 is 1.64 bits per heavy atom. The number of aromatic nitrogens is 2. The van der Waals surface area contributed by atoms with Crippen molar-refractivity contribution >= 4 is 41.3 Å². The van der Waals surface area contributed by atoms with E-state index in [0.29, 0.717) is 44.8 Å². The van der Waals surface area contributed by atoms with E-state index in [1.54, 1.807) is 42.5 Å². The molecule has 1 heterocycles. The summed E-state index contributed by atoms with van der Waals surface area (Å²) in [6.07, 6.45) is 1.22. The molecule has 0 amide bonds.